The highest BCUT2D eigenvalue weighted by Gasteiger charge is 2.22. The van der Waals surface area contributed by atoms with E-state index in [2.05, 4.69) is 40.3 Å². The highest BCUT2D eigenvalue weighted by Crippen LogP contribution is 2.31. The summed E-state index contributed by atoms with van der Waals surface area (Å²) >= 11 is 0. The Morgan fingerprint density at radius 1 is 1.03 bits per heavy atom. The molecule has 0 saturated heterocycles. The van der Waals surface area contributed by atoms with Crippen LogP contribution in [0.25, 0.3) is 21.8 Å². The zero-order chi connectivity index (χ0) is 21.0. The minimum Gasteiger partial charge on any atom is -0.355 e. The third-order valence-corrected chi connectivity index (χ3v) is 5.41. The van der Waals surface area contributed by atoms with Crippen LogP contribution >= 0.6 is 0 Å². The van der Waals surface area contributed by atoms with Crippen LogP contribution in [-0.2, 0) is 16.1 Å². The Hall–Kier alpha value is -2.86. The van der Waals surface area contributed by atoms with Crippen LogP contribution in [-0.4, -0.2) is 47.0 Å². The number of aryl methyl sites for hydroxylation is 1. The van der Waals surface area contributed by atoms with E-state index < -0.39 is 6.04 Å². The molecule has 3 rings (SSSR count). The van der Waals surface area contributed by atoms with Gasteiger partial charge in [-0.05, 0) is 51.6 Å². The second-order valence-electron chi connectivity index (χ2n) is 7.18. The molecule has 6 heteroatoms. The molecule has 0 saturated carbocycles. The highest BCUT2D eigenvalue weighted by molar-refractivity contribution is 6.10. The lowest BCUT2D eigenvalue weighted by Gasteiger charge is -2.26. The smallest absolute Gasteiger partial charge is 0.241 e. The molecule has 0 fully saturated rings. The van der Waals surface area contributed by atoms with Gasteiger partial charge in [-0.1, -0.05) is 25.1 Å². The summed E-state index contributed by atoms with van der Waals surface area (Å²) in [5.74, 6) is -0.183. The lowest BCUT2D eigenvalue weighted by molar-refractivity contribution is -0.125. The van der Waals surface area contributed by atoms with E-state index in [0.29, 0.717) is 13.1 Å². The van der Waals surface area contributed by atoms with E-state index >= 15 is 0 Å². The Morgan fingerprint density at radius 2 is 1.76 bits per heavy atom. The van der Waals surface area contributed by atoms with Gasteiger partial charge in [0.15, 0.2) is 0 Å². The largest absolute Gasteiger partial charge is 0.355 e. The Kier molecular flexibility index (Phi) is 6.54. The van der Waals surface area contributed by atoms with Crippen molar-refractivity contribution in [1.29, 1.82) is 0 Å². The number of anilines is 1. The molecule has 3 aromatic rings. The molecule has 0 unspecified atom stereocenters. The molecule has 0 aliphatic rings. The number of carbonyl (C=O) groups is 2. The van der Waals surface area contributed by atoms with Gasteiger partial charge in [-0.25, -0.2) is 0 Å². The first-order chi connectivity index (χ1) is 14.0. The topological polar surface area (TPSA) is 66.4 Å². The molecule has 1 heterocycles. The monoisotopic (exact) mass is 394 g/mol. The average molecular weight is 395 g/mol. The molecule has 1 atom stereocenters. The predicted molar refractivity (Wildman–Crippen MR) is 119 cm³/mol. The van der Waals surface area contributed by atoms with Crippen LogP contribution in [0.4, 0.5) is 5.69 Å². The van der Waals surface area contributed by atoms with Crippen LogP contribution in [0.1, 0.15) is 27.7 Å². The van der Waals surface area contributed by atoms with Crippen molar-refractivity contribution in [2.45, 2.75) is 40.3 Å². The van der Waals surface area contributed by atoms with Gasteiger partial charge >= 0.3 is 0 Å². The Morgan fingerprint density at radius 3 is 2.45 bits per heavy atom. The lowest BCUT2D eigenvalue weighted by atomic mass is 10.1. The van der Waals surface area contributed by atoms with Gasteiger partial charge in [0.2, 0.25) is 11.8 Å². The van der Waals surface area contributed by atoms with Gasteiger partial charge in [0, 0.05) is 40.6 Å². The number of benzene rings is 2. The SMILES string of the molecule is CCNC(=O)CN(CC)[C@H](C)C(=O)Nc1ccc2c(c1)c1ccccc1n2CC. The Bertz CT molecular complexity index is 1020. The number of nitrogens with zero attached hydrogens (tertiary/aromatic N) is 2. The molecule has 6 nitrogen and oxygen atoms in total. The normalized spacial score (nSPS) is 12.4. The van der Waals surface area contributed by atoms with Crippen molar-refractivity contribution in [1.82, 2.24) is 14.8 Å². The molecule has 0 spiro atoms. The summed E-state index contributed by atoms with van der Waals surface area (Å²) in [5, 5.41) is 8.12. The van der Waals surface area contributed by atoms with Gasteiger partial charge in [-0.2, -0.15) is 0 Å². The van der Waals surface area contributed by atoms with Gasteiger partial charge < -0.3 is 15.2 Å². The number of hydrogen-bond donors (Lipinski definition) is 2. The molecule has 0 aliphatic heterocycles. The summed E-state index contributed by atoms with van der Waals surface area (Å²) in [6.07, 6.45) is 0. The molecule has 2 amide bonds. The van der Waals surface area contributed by atoms with E-state index in [1.807, 2.05) is 49.9 Å². The second kappa shape index (κ2) is 9.09. The number of hydrogen-bond acceptors (Lipinski definition) is 3. The van der Waals surface area contributed by atoms with Crippen LogP contribution in [0.15, 0.2) is 42.5 Å². The summed E-state index contributed by atoms with van der Waals surface area (Å²) < 4.78 is 2.28. The van der Waals surface area contributed by atoms with Crippen LogP contribution in [0.2, 0.25) is 0 Å². The number of aromatic nitrogens is 1. The summed E-state index contributed by atoms with van der Waals surface area (Å²) in [6.45, 7) is 10.1. The van der Waals surface area contributed by atoms with Crippen molar-refractivity contribution in [3.05, 3.63) is 42.5 Å². The first-order valence-electron chi connectivity index (χ1n) is 10.3. The van der Waals surface area contributed by atoms with Gasteiger partial charge in [-0.3, -0.25) is 14.5 Å². The van der Waals surface area contributed by atoms with E-state index in [1.165, 1.54) is 10.9 Å². The maximum atomic E-state index is 12.8. The minimum atomic E-state index is -0.407. The highest BCUT2D eigenvalue weighted by atomic mass is 16.2. The number of carbonyl (C=O) groups excluding carboxylic acids is 2. The molecule has 154 valence electrons. The third-order valence-electron chi connectivity index (χ3n) is 5.41. The van der Waals surface area contributed by atoms with E-state index in [9.17, 15) is 9.59 Å². The number of fused-ring (bicyclic) bond motifs is 3. The van der Waals surface area contributed by atoms with Crippen molar-refractivity contribution in [2.24, 2.45) is 0 Å². The molecule has 2 aromatic carbocycles. The van der Waals surface area contributed by atoms with Gasteiger partial charge in [0.1, 0.15) is 0 Å². The summed E-state index contributed by atoms with van der Waals surface area (Å²) in [6, 6.07) is 14.0. The fourth-order valence-corrected chi connectivity index (χ4v) is 3.84. The molecule has 0 radical (unpaired) electrons. The number of likely N-dealkylation sites (N-methyl/N-ethyl adjacent to an activating group) is 2. The summed E-state index contributed by atoms with van der Waals surface area (Å²) in [5.41, 5.74) is 3.12. The molecule has 0 aliphatic carbocycles. The molecular weight excluding hydrogens is 364 g/mol. The van der Waals surface area contributed by atoms with Gasteiger partial charge in [-0.15, -0.1) is 0 Å². The summed E-state index contributed by atoms with van der Waals surface area (Å²) in [7, 11) is 0. The predicted octanol–water partition coefficient (Wildman–Crippen LogP) is 3.60. The first kappa shape index (κ1) is 20.9. The van der Waals surface area contributed by atoms with Crippen LogP contribution in [0.3, 0.4) is 0 Å². The van der Waals surface area contributed by atoms with Crippen molar-refractivity contribution in [3.63, 3.8) is 0 Å². The van der Waals surface area contributed by atoms with E-state index in [0.717, 1.165) is 23.1 Å². The number of para-hydroxylation sites is 1. The fraction of sp³-hybridized carbons (Fsp3) is 0.391. The third kappa shape index (κ3) is 4.27. The van der Waals surface area contributed by atoms with Crippen LogP contribution in [0, 0.1) is 0 Å². The molecular formula is C23H30N4O2. The van der Waals surface area contributed by atoms with Gasteiger partial charge in [0.05, 0.1) is 12.6 Å². The van der Waals surface area contributed by atoms with Crippen molar-refractivity contribution < 1.29 is 9.59 Å². The second-order valence-corrected chi connectivity index (χ2v) is 7.18. The molecule has 2 N–H and O–H groups in total. The maximum Gasteiger partial charge on any atom is 0.241 e. The standard InChI is InChI=1S/C23H30N4O2/c1-5-24-22(28)15-26(6-2)16(4)23(29)25-17-12-13-21-19(14-17)18-10-8-9-11-20(18)27(21)7-3/h8-14,16H,5-7,15H2,1-4H3,(H,24,28)(H,25,29)/t16-/m1/s1. The van der Waals surface area contributed by atoms with E-state index in [4.69, 9.17) is 0 Å². The average Bonchev–Trinajstić information content (AvgIpc) is 3.04. The van der Waals surface area contributed by atoms with E-state index in [-0.39, 0.29) is 18.4 Å². The van der Waals surface area contributed by atoms with Crippen molar-refractivity contribution >= 4 is 39.3 Å². The number of amides is 2. The van der Waals surface area contributed by atoms with Crippen LogP contribution < -0.4 is 10.6 Å². The number of nitrogens with one attached hydrogen (secondary N) is 2. The molecule has 29 heavy (non-hydrogen) atoms. The number of rotatable bonds is 8. The Balaban J connectivity index is 1.83. The molecule has 0 bridgehead atoms. The molecule has 1 aromatic heterocycles. The Labute approximate surface area is 171 Å². The lowest BCUT2D eigenvalue weighted by Crippen LogP contribution is -2.46. The quantitative estimate of drug-likeness (QED) is 0.613. The first-order valence-corrected chi connectivity index (χ1v) is 10.3. The van der Waals surface area contributed by atoms with Crippen LogP contribution in [0.5, 0.6) is 0 Å². The van der Waals surface area contributed by atoms with Crippen molar-refractivity contribution in [2.75, 3.05) is 25.0 Å². The van der Waals surface area contributed by atoms with Gasteiger partial charge in [0.25, 0.3) is 0 Å². The van der Waals surface area contributed by atoms with Crippen molar-refractivity contribution in [3.8, 4) is 0 Å². The minimum absolute atomic E-state index is 0.0669. The maximum absolute atomic E-state index is 12.8. The fourth-order valence-electron chi connectivity index (χ4n) is 3.84. The zero-order valence-electron chi connectivity index (χ0n) is 17.7. The van der Waals surface area contributed by atoms with E-state index in [1.54, 1.807) is 0 Å². The summed E-state index contributed by atoms with van der Waals surface area (Å²) in [4.78, 5) is 26.6. The zero-order valence-corrected chi connectivity index (χ0v) is 17.7.